The second-order valence-corrected chi connectivity index (χ2v) is 8.65. The highest BCUT2D eigenvalue weighted by Gasteiger charge is 2.14. The van der Waals surface area contributed by atoms with Crippen LogP contribution in [0.15, 0.2) is 58.5 Å². The van der Waals surface area contributed by atoms with E-state index in [2.05, 4.69) is 22.1 Å². The lowest BCUT2D eigenvalue weighted by Crippen LogP contribution is -2.36. The molecular weight excluding hydrogens is 424 g/mol. The number of nitrogens with one attached hydrogen (secondary N) is 1. The van der Waals surface area contributed by atoms with Gasteiger partial charge in [-0.1, -0.05) is 37.2 Å². The van der Waals surface area contributed by atoms with Gasteiger partial charge in [0.2, 0.25) is 5.91 Å². The van der Waals surface area contributed by atoms with Crippen molar-refractivity contribution < 1.29 is 9.53 Å². The number of ether oxygens (including phenoxy) is 1. The van der Waals surface area contributed by atoms with Gasteiger partial charge in [0.05, 0.1) is 29.9 Å². The maximum Gasteiger partial charge on any atom is 0.262 e. The van der Waals surface area contributed by atoms with Gasteiger partial charge in [0.1, 0.15) is 0 Å². The lowest BCUT2D eigenvalue weighted by molar-refractivity contribution is -0.113. The number of carbonyl (C=O) groups excluding carboxylic acids is 1. The van der Waals surface area contributed by atoms with Gasteiger partial charge in [-0.3, -0.25) is 14.2 Å². The fourth-order valence-electron chi connectivity index (χ4n) is 3.68. The van der Waals surface area contributed by atoms with Crippen LogP contribution in [-0.2, 0) is 16.1 Å². The number of para-hydroxylation sites is 1. The first kappa shape index (κ1) is 22.4. The third-order valence-corrected chi connectivity index (χ3v) is 6.40. The molecule has 4 rings (SSSR count). The molecule has 32 heavy (non-hydrogen) atoms. The number of anilines is 2. The van der Waals surface area contributed by atoms with Crippen molar-refractivity contribution in [3.8, 4) is 0 Å². The predicted octanol–water partition coefficient (Wildman–Crippen LogP) is 3.76. The number of benzene rings is 2. The van der Waals surface area contributed by atoms with Crippen LogP contribution in [0.4, 0.5) is 11.4 Å². The van der Waals surface area contributed by atoms with Gasteiger partial charge < -0.3 is 15.0 Å². The lowest BCUT2D eigenvalue weighted by atomic mass is 10.2. The second kappa shape index (κ2) is 10.7. The lowest BCUT2D eigenvalue weighted by Gasteiger charge is -2.28. The average Bonchev–Trinajstić information content (AvgIpc) is 2.83. The Hall–Kier alpha value is -2.84. The number of morpholine rings is 1. The van der Waals surface area contributed by atoms with E-state index in [4.69, 9.17) is 4.74 Å². The van der Waals surface area contributed by atoms with Crippen LogP contribution in [0.1, 0.15) is 19.8 Å². The van der Waals surface area contributed by atoms with E-state index in [9.17, 15) is 9.59 Å². The fourth-order valence-corrected chi connectivity index (χ4v) is 4.50. The van der Waals surface area contributed by atoms with E-state index >= 15 is 0 Å². The average molecular weight is 453 g/mol. The van der Waals surface area contributed by atoms with Gasteiger partial charge in [0.25, 0.3) is 5.56 Å². The maximum atomic E-state index is 13.0. The van der Waals surface area contributed by atoms with E-state index in [0.29, 0.717) is 22.6 Å². The first-order chi connectivity index (χ1) is 15.7. The number of amides is 1. The minimum Gasteiger partial charge on any atom is -0.378 e. The Bertz CT molecular complexity index is 1120. The molecule has 3 aromatic rings. The molecular formula is C24H28N4O3S. The van der Waals surface area contributed by atoms with E-state index < -0.39 is 0 Å². The largest absolute Gasteiger partial charge is 0.378 e. The van der Waals surface area contributed by atoms with E-state index in [1.54, 1.807) is 10.6 Å². The monoisotopic (exact) mass is 452 g/mol. The smallest absolute Gasteiger partial charge is 0.262 e. The zero-order chi connectivity index (χ0) is 22.3. The standard InChI is InChI=1S/C24H28N4O3S/c1-2-3-12-28-23(30)20-6-4-5-7-21(20)26-24(28)32-17-22(29)25-18-8-10-19(11-9-18)27-13-15-31-16-14-27/h4-11H,2-3,12-17H2,1H3,(H,25,29). The zero-order valence-electron chi connectivity index (χ0n) is 18.3. The molecule has 8 heteroatoms. The highest BCUT2D eigenvalue weighted by molar-refractivity contribution is 7.99. The molecule has 168 valence electrons. The number of fused-ring (bicyclic) bond motifs is 1. The summed E-state index contributed by atoms with van der Waals surface area (Å²) in [6.07, 6.45) is 1.86. The molecule has 1 aliphatic rings. The molecule has 1 aliphatic heterocycles. The number of aromatic nitrogens is 2. The molecule has 7 nitrogen and oxygen atoms in total. The van der Waals surface area contributed by atoms with Crippen LogP contribution >= 0.6 is 11.8 Å². The first-order valence-corrected chi connectivity index (χ1v) is 12.0. The van der Waals surface area contributed by atoms with Crippen LogP contribution < -0.4 is 15.8 Å². The quantitative estimate of drug-likeness (QED) is 0.414. The summed E-state index contributed by atoms with van der Waals surface area (Å²) in [6.45, 7) is 5.91. The predicted molar refractivity (Wildman–Crippen MR) is 130 cm³/mol. The van der Waals surface area contributed by atoms with Gasteiger partial charge in [-0.25, -0.2) is 4.98 Å². The van der Waals surface area contributed by atoms with Gasteiger partial charge in [-0.2, -0.15) is 0 Å². The maximum absolute atomic E-state index is 13.0. The van der Waals surface area contributed by atoms with Gasteiger partial charge in [0.15, 0.2) is 5.16 Å². The van der Waals surface area contributed by atoms with Crippen LogP contribution in [-0.4, -0.2) is 47.5 Å². The van der Waals surface area contributed by atoms with Crippen molar-refractivity contribution in [2.45, 2.75) is 31.5 Å². The Morgan fingerprint density at radius 3 is 2.62 bits per heavy atom. The summed E-state index contributed by atoms with van der Waals surface area (Å²) in [5.41, 5.74) is 2.49. The highest BCUT2D eigenvalue weighted by atomic mass is 32.2. The Morgan fingerprint density at radius 1 is 1.12 bits per heavy atom. The zero-order valence-corrected chi connectivity index (χ0v) is 19.1. The molecule has 1 aromatic heterocycles. The number of unbranched alkanes of at least 4 members (excludes halogenated alkanes) is 1. The minimum atomic E-state index is -0.126. The van der Waals surface area contributed by atoms with Crippen LogP contribution in [0.3, 0.4) is 0 Å². The van der Waals surface area contributed by atoms with Gasteiger partial charge in [-0.05, 0) is 42.8 Å². The van der Waals surface area contributed by atoms with E-state index in [-0.39, 0.29) is 17.2 Å². The van der Waals surface area contributed by atoms with Crippen LogP contribution in [0.2, 0.25) is 0 Å². The normalized spacial score (nSPS) is 14.0. The van der Waals surface area contributed by atoms with Crippen molar-refractivity contribution in [3.05, 3.63) is 58.9 Å². The molecule has 0 radical (unpaired) electrons. The molecule has 1 N–H and O–H groups in total. The number of nitrogens with zero attached hydrogens (tertiary/aromatic N) is 3. The van der Waals surface area contributed by atoms with Crippen LogP contribution in [0.25, 0.3) is 10.9 Å². The van der Waals surface area contributed by atoms with Crippen molar-refractivity contribution in [2.75, 3.05) is 42.3 Å². The molecule has 0 bridgehead atoms. The molecule has 0 aliphatic carbocycles. The molecule has 2 heterocycles. The second-order valence-electron chi connectivity index (χ2n) is 7.71. The van der Waals surface area contributed by atoms with Gasteiger partial charge >= 0.3 is 0 Å². The Labute approximate surface area is 191 Å². The summed E-state index contributed by atoms with van der Waals surface area (Å²) in [5, 5.41) is 4.13. The fraction of sp³-hybridized carbons (Fsp3) is 0.375. The molecule has 1 saturated heterocycles. The molecule has 0 saturated carbocycles. The van der Waals surface area contributed by atoms with Crippen molar-refractivity contribution in [2.24, 2.45) is 0 Å². The number of rotatable bonds is 8. The van der Waals surface area contributed by atoms with E-state index in [0.717, 1.165) is 50.5 Å². The molecule has 1 amide bonds. The first-order valence-electron chi connectivity index (χ1n) is 11.0. The summed E-state index contributed by atoms with van der Waals surface area (Å²) < 4.78 is 7.09. The third-order valence-electron chi connectivity index (χ3n) is 5.42. The van der Waals surface area contributed by atoms with Crippen LogP contribution in [0.5, 0.6) is 0 Å². The van der Waals surface area contributed by atoms with Crippen molar-refractivity contribution in [1.82, 2.24) is 9.55 Å². The molecule has 0 spiro atoms. The summed E-state index contributed by atoms with van der Waals surface area (Å²) in [5.74, 6) is 0.0563. The Kier molecular flexibility index (Phi) is 7.44. The number of carbonyl (C=O) groups is 1. The number of hydrogen-bond acceptors (Lipinski definition) is 6. The van der Waals surface area contributed by atoms with Crippen molar-refractivity contribution in [1.29, 1.82) is 0 Å². The van der Waals surface area contributed by atoms with Gasteiger partial charge in [-0.15, -0.1) is 0 Å². The number of hydrogen-bond donors (Lipinski definition) is 1. The van der Waals surface area contributed by atoms with Gasteiger partial charge in [0, 0.05) is 31.0 Å². The highest BCUT2D eigenvalue weighted by Crippen LogP contribution is 2.21. The van der Waals surface area contributed by atoms with E-state index in [1.165, 1.54) is 11.8 Å². The third kappa shape index (κ3) is 5.31. The molecule has 0 unspecified atom stereocenters. The topological polar surface area (TPSA) is 76.5 Å². The Morgan fingerprint density at radius 2 is 1.88 bits per heavy atom. The Balaban J connectivity index is 1.42. The number of thioether (sulfide) groups is 1. The molecule has 0 atom stereocenters. The van der Waals surface area contributed by atoms with Crippen molar-refractivity contribution in [3.63, 3.8) is 0 Å². The summed E-state index contributed by atoms with van der Waals surface area (Å²) in [7, 11) is 0. The summed E-state index contributed by atoms with van der Waals surface area (Å²) >= 11 is 1.30. The molecule has 2 aromatic carbocycles. The summed E-state index contributed by atoms with van der Waals surface area (Å²) in [4.78, 5) is 32.5. The van der Waals surface area contributed by atoms with Crippen LogP contribution in [0, 0.1) is 0 Å². The minimum absolute atomic E-state index is 0.0503. The van der Waals surface area contributed by atoms with Crippen molar-refractivity contribution >= 4 is 39.9 Å². The molecule has 1 fully saturated rings. The van der Waals surface area contributed by atoms with E-state index in [1.807, 2.05) is 42.5 Å². The SMILES string of the molecule is CCCCn1c(SCC(=O)Nc2ccc(N3CCOCC3)cc2)nc2ccccc2c1=O. The summed E-state index contributed by atoms with van der Waals surface area (Å²) in [6, 6.07) is 15.2.